The molecule has 1 fully saturated rings. The number of nitrogens with zero attached hydrogens (tertiary/aromatic N) is 1. The molecule has 1 heterocycles. The van der Waals surface area contributed by atoms with E-state index in [1.807, 2.05) is 71.3 Å². The molecule has 1 saturated carbocycles. The molecule has 1 aliphatic rings. The van der Waals surface area contributed by atoms with Crippen LogP contribution in [0.25, 0.3) is 11.1 Å². The van der Waals surface area contributed by atoms with Gasteiger partial charge in [0, 0.05) is 48.7 Å². The van der Waals surface area contributed by atoms with Crippen LogP contribution in [0.4, 0.5) is 5.69 Å². The molecule has 9 heteroatoms. The van der Waals surface area contributed by atoms with Gasteiger partial charge in [0.05, 0.1) is 19.8 Å². The van der Waals surface area contributed by atoms with Gasteiger partial charge in [0.1, 0.15) is 12.4 Å². The molecule has 3 N–H and O–H groups in total. The number of methoxy groups -OCH3 is 1. The number of aryl methyl sites for hydroxylation is 2. The lowest BCUT2D eigenvalue weighted by atomic mass is 9.91. The molecule has 1 amide bonds. The number of amides is 1. The van der Waals surface area contributed by atoms with E-state index >= 15 is 0 Å². The zero-order valence-corrected chi connectivity index (χ0v) is 28.9. The van der Waals surface area contributed by atoms with Crippen LogP contribution in [0.2, 0.25) is 0 Å². The van der Waals surface area contributed by atoms with Crippen molar-refractivity contribution in [3.63, 3.8) is 0 Å². The number of aromatic amines is 1. The normalized spacial score (nSPS) is 13.1. The van der Waals surface area contributed by atoms with E-state index in [0.29, 0.717) is 43.6 Å². The van der Waals surface area contributed by atoms with Crippen molar-refractivity contribution in [2.75, 3.05) is 59.1 Å². The molecule has 1 aliphatic carbocycles. The summed E-state index contributed by atoms with van der Waals surface area (Å²) in [5.41, 5.74) is 6.73. The number of hydrogen-bond donors (Lipinski definition) is 3. The SMILES string of the molecule is CCN(c1cc(-c2ccc(OCCOCCOC)cc2)cc(C(=O)NCc2c(C)cc(C)[nH]c2=O)c1C)C1CCCCC1.CNC. The molecule has 9 nitrogen and oxygen atoms in total. The van der Waals surface area contributed by atoms with E-state index in [1.165, 1.54) is 19.3 Å². The fourth-order valence-corrected chi connectivity index (χ4v) is 5.99. The summed E-state index contributed by atoms with van der Waals surface area (Å²) < 4.78 is 16.3. The lowest BCUT2D eigenvalue weighted by Gasteiger charge is -2.37. The molecule has 0 radical (unpaired) electrons. The molecule has 0 aliphatic heterocycles. The van der Waals surface area contributed by atoms with Crippen LogP contribution in [0.15, 0.2) is 47.3 Å². The second kappa shape index (κ2) is 19.1. The number of benzene rings is 2. The quantitative estimate of drug-likeness (QED) is 0.189. The first-order chi connectivity index (χ1) is 22.2. The Morgan fingerprint density at radius 2 is 1.61 bits per heavy atom. The maximum atomic E-state index is 13.7. The number of ether oxygens (including phenoxy) is 3. The van der Waals surface area contributed by atoms with Gasteiger partial charge in [-0.25, -0.2) is 0 Å². The third-order valence-electron chi connectivity index (χ3n) is 8.33. The number of nitrogens with one attached hydrogen (secondary N) is 3. The highest BCUT2D eigenvalue weighted by Crippen LogP contribution is 2.35. The van der Waals surface area contributed by atoms with Crippen LogP contribution in [0.5, 0.6) is 5.75 Å². The van der Waals surface area contributed by atoms with Crippen molar-refractivity contribution in [1.82, 2.24) is 15.6 Å². The highest BCUT2D eigenvalue weighted by molar-refractivity contribution is 5.99. The number of rotatable bonds is 14. The van der Waals surface area contributed by atoms with Gasteiger partial charge in [-0.1, -0.05) is 31.4 Å². The molecule has 2 aromatic carbocycles. The zero-order valence-electron chi connectivity index (χ0n) is 28.9. The first kappa shape index (κ1) is 36.8. The van der Waals surface area contributed by atoms with Gasteiger partial charge in [0.2, 0.25) is 0 Å². The summed E-state index contributed by atoms with van der Waals surface area (Å²) >= 11 is 0. The maximum absolute atomic E-state index is 13.7. The van der Waals surface area contributed by atoms with E-state index < -0.39 is 0 Å². The minimum atomic E-state index is -0.187. The Hall–Kier alpha value is -3.66. The van der Waals surface area contributed by atoms with E-state index in [0.717, 1.165) is 58.8 Å². The number of carbonyl (C=O) groups excluding carboxylic acids is 1. The molecule has 0 spiro atoms. The highest BCUT2D eigenvalue weighted by Gasteiger charge is 2.24. The molecular formula is C37H54N4O5. The van der Waals surface area contributed by atoms with Crippen LogP contribution in [0.1, 0.15) is 71.8 Å². The first-order valence-electron chi connectivity index (χ1n) is 16.5. The summed E-state index contributed by atoms with van der Waals surface area (Å²) in [4.78, 5) is 31.6. The van der Waals surface area contributed by atoms with Crippen LogP contribution < -0.4 is 25.8 Å². The van der Waals surface area contributed by atoms with Gasteiger partial charge in [0.15, 0.2) is 0 Å². The van der Waals surface area contributed by atoms with Crippen molar-refractivity contribution in [2.45, 2.75) is 72.4 Å². The average Bonchev–Trinajstić information content (AvgIpc) is 3.04. The monoisotopic (exact) mass is 634 g/mol. The van der Waals surface area contributed by atoms with Gasteiger partial charge in [-0.3, -0.25) is 9.59 Å². The summed E-state index contributed by atoms with van der Waals surface area (Å²) in [6.45, 7) is 11.1. The number of pyridine rings is 1. The summed E-state index contributed by atoms with van der Waals surface area (Å²) in [6.07, 6.45) is 6.07. The standard InChI is InChI=1S/C35H47N3O5.C2H7N/c1-6-38(29-10-8-7-9-11-29)33-22-28(27-12-14-30(15-13-27)43-19-18-42-17-16-41-5)21-31(26(33)4)34(39)36-23-32-24(2)20-25(3)37-35(32)40;1-3-2/h12-15,20-22,29H,6-11,16-19,23H2,1-5H3,(H,36,39)(H,37,40);3H,1-2H3. The second-order valence-corrected chi connectivity index (χ2v) is 11.8. The molecule has 46 heavy (non-hydrogen) atoms. The van der Waals surface area contributed by atoms with E-state index in [1.54, 1.807) is 7.11 Å². The Labute approximate surface area is 275 Å². The minimum Gasteiger partial charge on any atom is -0.491 e. The van der Waals surface area contributed by atoms with Crippen LogP contribution in [-0.4, -0.2) is 71.1 Å². The molecule has 0 unspecified atom stereocenters. The lowest BCUT2D eigenvalue weighted by molar-refractivity contribution is 0.0544. The number of hydrogen-bond acceptors (Lipinski definition) is 7. The Morgan fingerprint density at radius 1 is 0.935 bits per heavy atom. The molecular weight excluding hydrogens is 580 g/mol. The first-order valence-corrected chi connectivity index (χ1v) is 16.5. The molecule has 4 rings (SSSR count). The summed E-state index contributed by atoms with van der Waals surface area (Å²) in [6, 6.07) is 14.5. The largest absolute Gasteiger partial charge is 0.491 e. The van der Waals surface area contributed by atoms with Crippen molar-refractivity contribution in [3.05, 3.63) is 80.8 Å². The van der Waals surface area contributed by atoms with Crippen LogP contribution in [-0.2, 0) is 16.0 Å². The predicted octanol–water partition coefficient (Wildman–Crippen LogP) is 5.93. The molecule has 1 aromatic heterocycles. The number of aromatic nitrogens is 1. The van der Waals surface area contributed by atoms with Gasteiger partial charge in [0.25, 0.3) is 11.5 Å². The number of carbonyl (C=O) groups is 1. The summed E-state index contributed by atoms with van der Waals surface area (Å²) in [5.74, 6) is 0.577. The van der Waals surface area contributed by atoms with Gasteiger partial charge < -0.3 is 34.7 Å². The molecule has 3 aromatic rings. The Balaban J connectivity index is 0.00000185. The maximum Gasteiger partial charge on any atom is 0.253 e. The van der Waals surface area contributed by atoms with Crippen LogP contribution in [0.3, 0.4) is 0 Å². The number of H-pyrrole nitrogens is 1. The van der Waals surface area contributed by atoms with Crippen LogP contribution in [0, 0.1) is 20.8 Å². The number of anilines is 1. The lowest BCUT2D eigenvalue weighted by Crippen LogP contribution is -2.37. The van der Waals surface area contributed by atoms with Gasteiger partial charge in [-0.2, -0.15) is 0 Å². The topological polar surface area (TPSA) is 105 Å². The van der Waals surface area contributed by atoms with Crippen molar-refractivity contribution in [2.24, 2.45) is 0 Å². The molecule has 0 saturated heterocycles. The third kappa shape index (κ3) is 10.4. The van der Waals surface area contributed by atoms with Gasteiger partial charge in [-0.15, -0.1) is 0 Å². The third-order valence-corrected chi connectivity index (χ3v) is 8.33. The minimum absolute atomic E-state index is 0.165. The molecule has 0 bridgehead atoms. The van der Waals surface area contributed by atoms with E-state index in [-0.39, 0.29) is 18.0 Å². The zero-order chi connectivity index (χ0) is 33.5. The van der Waals surface area contributed by atoms with Crippen molar-refractivity contribution in [1.29, 1.82) is 0 Å². The van der Waals surface area contributed by atoms with Crippen LogP contribution >= 0.6 is 0 Å². The fraction of sp³-hybridized carbons (Fsp3) is 0.514. The van der Waals surface area contributed by atoms with Crippen molar-refractivity contribution < 1.29 is 19.0 Å². The predicted molar refractivity (Wildman–Crippen MR) is 187 cm³/mol. The van der Waals surface area contributed by atoms with E-state index in [4.69, 9.17) is 14.2 Å². The Kier molecular flexibility index (Phi) is 15.3. The Bertz CT molecular complexity index is 1430. The second-order valence-electron chi connectivity index (χ2n) is 11.8. The molecule has 0 atom stereocenters. The summed E-state index contributed by atoms with van der Waals surface area (Å²) in [5, 5.41) is 5.78. The Morgan fingerprint density at radius 3 is 2.24 bits per heavy atom. The molecule has 252 valence electrons. The van der Waals surface area contributed by atoms with Crippen molar-refractivity contribution in [3.8, 4) is 16.9 Å². The van der Waals surface area contributed by atoms with E-state index in [2.05, 4.69) is 33.5 Å². The smallest absolute Gasteiger partial charge is 0.253 e. The summed E-state index contributed by atoms with van der Waals surface area (Å²) in [7, 11) is 5.40. The van der Waals surface area contributed by atoms with Crippen molar-refractivity contribution >= 4 is 11.6 Å². The van der Waals surface area contributed by atoms with Gasteiger partial charge >= 0.3 is 0 Å². The average molecular weight is 635 g/mol. The van der Waals surface area contributed by atoms with E-state index in [9.17, 15) is 9.59 Å². The fourth-order valence-electron chi connectivity index (χ4n) is 5.99. The van der Waals surface area contributed by atoms with Gasteiger partial charge in [-0.05, 0) is 107 Å². The highest BCUT2D eigenvalue weighted by atomic mass is 16.5.